The van der Waals surface area contributed by atoms with Crippen molar-refractivity contribution in [1.29, 1.82) is 0 Å². The number of aliphatic carboxylic acids is 1. The van der Waals surface area contributed by atoms with Crippen LogP contribution in [0, 0.1) is 6.92 Å². The molecule has 1 N–H and O–H groups in total. The lowest BCUT2D eigenvalue weighted by Crippen LogP contribution is -2.10. The summed E-state index contributed by atoms with van der Waals surface area (Å²) >= 11 is 4.09. The molecule has 0 aliphatic carbocycles. The van der Waals surface area contributed by atoms with E-state index in [1.54, 1.807) is 24.3 Å². The van der Waals surface area contributed by atoms with Crippen molar-refractivity contribution in [3.8, 4) is 5.75 Å². The van der Waals surface area contributed by atoms with Crippen LogP contribution in [0.25, 0.3) is 0 Å². The maximum atomic E-state index is 10.5. The first-order valence-electron chi connectivity index (χ1n) is 5.52. The molecule has 1 aromatic carbocycles. The molecule has 0 aliphatic heterocycles. The van der Waals surface area contributed by atoms with Crippen molar-refractivity contribution in [1.82, 2.24) is 14.9 Å². The van der Waals surface area contributed by atoms with Gasteiger partial charge in [0.1, 0.15) is 5.75 Å². The minimum Gasteiger partial charge on any atom is -0.481 e. The average Bonchev–Trinajstić information content (AvgIpc) is 2.74. The van der Waals surface area contributed by atoms with Crippen molar-refractivity contribution in [2.45, 2.75) is 5.16 Å². The molecule has 0 amide bonds. The first kappa shape index (κ1) is 14.1. The number of ether oxygens (including phenoxy) is 1. The zero-order valence-corrected chi connectivity index (χ0v) is 11.2. The quantitative estimate of drug-likeness (QED) is 0.636. The Morgan fingerprint density at radius 2 is 2.25 bits per heavy atom. The fourth-order valence-corrected chi connectivity index (χ4v) is 1.61. The van der Waals surface area contributed by atoms with Gasteiger partial charge in [0.25, 0.3) is 0 Å². The van der Waals surface area contributed by atoms with Crippen molar-refractivity contribution in [3.63, 3.8) is 0 Å². The van der Waals surface area contributed by atoms with E-state index < -0.39 is 12.6 Å². The van der Waals surface area contributed by atoms with Gasteiger partial charge in [-0.25, -0.2) is 4.79 Å². The van der Waals surface area contributed by atoms with E-state index in [1.165, 1.54) is 10.9 Å². The van der Waals surface area contributed by atoms with E-state index in [0.29, 0.717) is 22.3 Å². The van der Waals surface area contributed by atoms with E-state index in [4.69, 9.17) is 9.84 Å². The van der Waals surface area contributed by atoms with Gasteiger partial charge >= 0.3 is 5.97 Å². The molecular formula is C12H11N4O3S. The first-order valence-corrected chi connectivity index (χ1v) is 5.97. The summed E-state index contributed by atoms with van der Waals surface area (Å²) in [5.74, 6) is -0.290. The van der Waals surface area contributed by atoms with Crippen LogP contribution in [0.4, 0.5) is 0 Å². The number of para-hydroxylation sites is 1. The normalized spacial score (nSPS) is 10.9. The largest absolute Gasteiger partial charge is 0.481 e. The van der Waals surface area contributed by atoms with Crippen LogP contribution in [-0.2, 0) is 4.79 Å². The minimum absolute atomic E-state index is 0.301. The van der Waals surface area contributed by atoms with Crippen LogP contribution in [0.5, 0.6) is 5.75 Å². The predicted molar refractivity (Wildman–Crippen MR) is 74.3 cm³/mol. The SMILES string of the molecule is [CH2]c1nnc(S)n1/N=C/c1ccccc1OCC(=O)O. The van der Waals surface area contributed by atoms with Gasteiger partial charge in [0.2, 0.25) is 5.16 Å². The molecule has 8 heteroatoms. The Morgan fingerprint density at radius 1 is 1.50 bits per heavy atom. The summed E-state index contributed by atoms with van der Waals surface area (Å²) in [6, 6.07) is 6.92. The first-order chi connectivity index (χ1) is 9.58. The molecule has 1 aromatic heterocycles. The lowest BCUT2D eigenvalue weighted by molar-refractivity contribution is -0.139. The number of thiol groups is 1. The van der Waals surface area contributed by atoms with Gasteiger partial charge in [-0.1, -0.05) is 12.1 Å². The van der Waals surface area contributed by atoms with Crippen molar-refractivity contribution in [2.75, 3.05) is 6.61 Å². The Kier molecular flexibility index (Phi) is 4.36. The molecule has 2 rings (SSSR count). The number of hydrogen-bond acceptors (Lipinski definition) is 6. The fourth-order valence-electron chi connectivity index (χ4n) is 1.40. The number of benzene rings is 1. The highest BCUT2D eigenvalue weighted by atomic mass is 32.1. The van der Waals surface area contributed by atoms with Gasteiger partial charge in [-0.15, -0.1) is 22.8 Å². The van der Waals surface area contributed by atoms with E-state index in [0.717, 1.165) is 0 Å². The second-order valence-corrected chi connectivity index (χ2v) is 4.09. The maximum Gasteiger partial charge on any atom is 0.341 e. The Labute approximate surface area is 120 Å². The van der Waals surface area contributed by atoms with Crippen LogP contribution in [0.1, 0.15) is 11.4 Å². The van der Waals surface area contributed by atoms with Gasteiger partial charge in [-0.3, -0.25) is 0 Å². The standard InChI is InChI=1S/C12H11N4O3S/c1-8-14-15-12(20)16(8)13-6-9-4-2-3-5-10(9)19-7-11(17)18/h2-6H,1,7H2,(H,15,20)(H,17,18)/b13-6+. The highest BCUT2D eigenvalue weighted by molar-refractivity contribution is 7.80. The number of hydrogen-bond donors (Lipinski definition) is 2. The lowest BCUT2D eigenvalue weighted by atomic mass is 10.2. The molecular weight excluding hydrogens is 280 g/mol. The number of carboxylic acid groups (broad SMARTS) is 1. The number of carbonyl (C=O) groups is 1. The summed E-state index contributed by atoms with van der Waals surface area (Å²) in [7, 11) is 0. The van der Waals surface area contributed by atoms with Crippen LogP contribution >= 0.6 is 12.6 Å². The van der Waals surface area contributed by atoms with Crippen LogP contribution < -0.4 is 4.74 Å². The fraction of sp³-hybridized carbons (Fsp3) is 0.0833. The minimum atomic E-state index is -1.05. The number of aromatic nitrogens is 3. The van der Waals surface area contributed by atoms with Gasteiger partial charge in [0.05, 0.1) is 6.21 Å². The molecule has 20 heavy (non-hydrogen) atoms. The summed E-state index contributed by atoms with van der Waals surface area (Å²) in [6.07, 6.45) is 1.49. The zero-order valence-electron chi connectivity index (χ0n) is 10.3. The van der Waals surface area contributed by atoms with Crippen molar-refractivity contribution >= 4 is 24.8 Å². The van der Waals surface area contributed by atoms with E-state index in [1.807, 2.05) is 0 Å². The maximum absolute atomic E-state index is 10.5. The Balaban J connectivity index is 2.23. The summed E-state index contributed by atoms with van der Waals surface area (Å²) in [4.78, 5) is 10.5. The number of carboxylic acids is 1. The molecule has 7 nitrogen and oxygen atoms in total. The molecule has 0 fully saturated rings. The molecule has 0 spiro atoms. The second kappa shape index (κ2) is 6.20. The van der Waals surface area contributed by atoms with Gasteiger partial charge < -0.3 is 9.84 Å². The smallest absolute Gasteiger partial charge is 0.341 e. The third-order valence-electron chi connectivity index (χ3n) is 2.27. The molecule has 0 aliphatic rings. The summed E-state index contributed by atoms with van der Waals surface area (Å²) in [5, 5.41) is 20.5. The van der Waals surface area contributed by atoms with Crippen molar-refractivity contribution in [3.05, 3.63) is 42.6 Å². The summed E-state index contributed by atoms with van der Waals surface area (Å²) in [5.41, 5.74) is 0.620. The van der Waals surface area contributed by atoms with Gasteiger partial charge in [0, 0.05) is 12.5 Å². The summed E-state index contributed by atoms with van der Waals surface area (Å²) in [6.45, 7) is 3.23. The van der Waals surface area contributed by atoms with Crippen molar-refractivity contribution in [2.24, 2.45) is 5.10 Å². The molecule has 0 atom stereocenters. The van der Waals surface area contributed by atoms with Crippen molar-refractivity contribution < 1.29 is 14.6 Å². The van der Waals surface area contributed by atoms with E-state index in [9.17, 15) is 4.79 Å². The van der Waals surface area contributed by atoms with E-state index >= 15 is 0 Å². The molecule has 0 bridgehead atoms. The highest BCUT2D eigenvalue weighted by Crippen LogP contribution is 2.16. The molecule has 2 aromatic rings. The summed E-state index contributed by atoms with van der Waals surface area (Å²) < 4.78 is 6.51. The van der Waals surface area contributed by atoms with Crippen LogP contribution in [0.15, 0.2) is 34.5 Å². The lowest BCUT2D eigenvalue weighted by Gasteiger charge is -2.06. The zero-order chi connectivity index (χ0) is 14.5. The van der Waals surface area contributed by atoms with Crippen LogP contribution in [0.2, 0.25) is 0 Å². The van der Waals surface area contributed by atoms with E-state index in [-0.39, 0.29) is 0 Å². The van der Waals surface area contributed by atoms with Gasteiger partial charge in [0.15, 0.2) is 12.4 Å². The molecule has 103 valence electrons. The Hall–Kier alpha value is -2.35. The molecule has 0 saturated carbocycles. The number of rotatable bonds is 5. The monoisotopic (exact) mass is 291 g/mol. The Bertz CT molecular complexity index is 634. The van der Waals surface area contributed by atoms with E-state index in [2.05, 4.69) is 34.9 Å². The molecule has 1 radical (unpaired) electrons. The number of nitrogens with zero attached hydrogens (tertiary/aromatic N) is 4. The third kappa shape index (κ3) is 3.35. The third-order valence-corrected chi connectivity index (χ3v) is 2.55. The second-order valence-electron chi connectivity index (χ2n) is 3.69. The van der Waals surface area contributed by atoms with Crippen LogP contribution in [-0.4, -0.2) is 38.8 Å². The molecule has 0 unspecified atom stereocenters. The average molecular weight is 291 g/mol. The van der Waals surface area contributed by atoms with Gasteiger partial charge in [-0.05, 0) is 12.1 Å². The van der Waals surface area contributed by atoms with Gasteiger partial charge in [-0.2, -0.15) is 9.78 Å². The van der Waals surface area contributed by atoms with Crippen LogP contribution in [0.3, 0.4) is 0 Å². The molecule has 1 heterocycles. The highest BCUT2D eigenvalue weighted by Gasteiger charge is 2.05. The topological polar surface area (TPSA) is 89.6 Å². The molecule has 0 saturated heterocycles. The Morgan fingerprint density at radius 3 is 2.90 bits per heavy atom. The predicted octanol–water partition coefficient (Wildman–Crippen LogP) is 1.09.